The molecular formula is C22H22F2N4O2S. The Morgan fingerprint density at radius 2 is 1.97 bits per heavy atom. The van der Waals surface area contributed by atoms with E-state index in [1.165, 1.54) is 36.0 Å². The van der Waals surface area contributed by atoms with Gasteiger partial charge in [0.25, 0.3) is 0 Å². The van der Waals surface area contributed by atoms with Crippen molar-refractivity contribution >= 4 is 17.7 Å². The summed E-state index contributed by atoms with van der Waals surface area (Å²) in [5.41, 5.74) is 0.808. The summed E-state index contributed by atoms with van der Waals surface area (Å²) in [6.45, 7) is 6.00. The highest BCUT2D eigenvalue weighted by atomic mass is 32.2. The Bertz CT molecular complexity index is 1040. The van der Waals surface area contributed by atoms with Gasteiger partial charge in [0, 0.05) is 6.54 Å². The molecule has 162 valence electrons. The number of nitrogens with zero attached hydrogens (tertiary/aromatic N) is 3. The molecule has 1 atom stereocenters. The van der Waals surface area contributed by atoms with Crippen molar-refractivity contribution in [3.63, 3.8) is 0 Å². The molecule has 9 heteroatoms. The van der Waals surface area contributed by atoms with Gasteiger partial charge < -0.3 is 10.1 Å². The normalized spacial score (nSPS) is 11.7. The van der Waals surface area contributed by atoms with Crippen LogP contribution in [0.4, 0.5) is 8.78 Å². The fourth-order valence-electron chi connectivity index (χ4n) is 2.80. The number of amides is 1. The van der Waals surface area contributed by atoms with Gasteiger partial charge in [0.1, 0.15) is 12.4 Å². The van der Waals surface area contributed by atoms with Crippen LogP contribution in [0, 0.1) is 11.6 Å². The molecule has 0 saturated heterocycles. The van der Waals surface area contributed by atoms with Gasteiger partial charge in [0.05, 0.1) is 11.8 Å². The molecule has 31 heavy (non-hydrogen) atoms. The molecule has 0 unspecified atom stereocenters. The molecule has 6 nitrogen and oxygen atoms in total. The number of para-hydroxylation sites is 1. The summed E-state index contributed by atoms with van der Waals surface area (Å²) < 4.78 is 34.1. The Hall–Kier alpha value is -3.20. The number of aromatic nitrogens is 3. The van der Waals surface area contributed by atoms with Crippen molar-refractivity contribution in [1.29, 1.82) is 0 Å². The fraction of sp³-hybridized carbons (Fsp3) is 0.227. The number of carbonyl (C=O) groups excluding carboxylic acids is 1. The lowest BCUT2D eigenvalue weighted by Gasteiger charge is -2.14. The Kier molecular flexibility index (Phi) is 7.77. The minimum atomic E-state index is -0.459. The zero-order valence-electron chi connectivity index (χ0n) is 16.9. The van der Waals surface area contributed by atoms with Crippen LogP contribution in [-0.2, 0) is 17.9 Å². The summed E-state index contributed by atoms with van der Waals surface area (Å²) in [7, 11) is 0. The third kappa shape index (κ3) is 6.14. The van der Waals surface area contributed by atoms with Crippen molar-refractivity contribution in [3.05, 3.63) is 84.2 Å². The number of thioether (sulfide) groups is 1. The maximum Gasteiger partial charge on any atom is 0.230 e. The third-order valence-corrected chi connectivity index (χ3v) is 5.35. The second-order valence-electron chi connectivity index (χ2n) is 6.65. The fourth-order valence-corrected chi connectivity index (χ4v) is 3.57. The van der Waals surface area contributed by atoms with Crippen LogP contribution >= 0.6 is 11.8 Å². The number of nitrogens with one attached hydrogen (secondary N) is 1. The second kappa shape index (κ2) is 10.7. The number of allylic oxidation sites excluding steroid dienone is 1. The standard InChI is InChI=1S/C22H22F2N4O2S/c1-3-12-28-20(13-30-19-7-5-4-6-18(19)24)26-27-22(28)31-14-21(29)25-15(2)16-8-10-17(23)11-9-16/h3-11,15H,1,12-14H2,2H3,(H,25,29)/t15-/m1/s1. The lowest BCUT2D eigenvalue weighted by Crippen LogP contribution is -2.28. The lowest BCUT2D eigenvalue weighted by atomic mass is 10.1. The van der Waals surface area contributed by atoms with Gasteiger partial charge in [-0.25, -0.2) is 8.78 Å². The van der Waals surface area contributed by atoms with Crippen molar-refractivity contribution in [2.24, 2.45) is 0 Å². The first-order valence-electron chi connectivity index (χ1n) is 9.56. The molecule has 1 heterocycles. The van der Waals surface area contributed by atoms with E-state index in [2.05, 4.69) is 22.1 Å². The highest BCUT2D eigenvalue weighted by Gasteiger charge is 2.16. The van der Waals surface area contributed by atoms with Crippen molar-refractivity contribution in [1.82, 2.24) is 20.1 Å². The number of carbonyl (C=O) groups is 1. The van der Waals surface area contributed by atoms with Crippen LogP contribution in [0.1, 0.15) is 24.4 Å². The average Bonchev–Trinajstić information content (AvgIpc) is 3.14. The Morgan fingerprint density at radius 3 is 2.68 bits per heavy atom. The topological polar surface area (TPSA) is 69.0 Å². The number of benzene rings is 2. The first-order chi connectivity index (χ1) is 15.0. The number of hydrogen-bond donors (Lipinski definition) is 1. The summed E-state index contributed by atoms with van der Waals surface area (Å²) in [5, 5.41) is 11.6. The first-order valence-corrected chi connectivity index (χ1v) is 10.5. The van der Waals surface area contributed by atoms with Crippen molar-refractivity contribution in [2.75, 3.05) is 5.75 Å². The molecule has 0 fully saturated rings. The number of hydrogen-bond acceptors (Lipinski definition) is 5. The van der Waals surface area contributed by atoms with Gasteiger partial charge in [0.2, 0.25) is 5.91 Å². The van der Waals surface area contributed by atoms with Gasteiger partial charge in [-0.05, 0) is 36.8 Å². The van der Waals surface area contributed by atoms with Gasteiger partial charge in [0.15, 0.2) is 22.5 Å². The van der Waals surface area contributed by atoms with E-state index in [0.717, 1.165) is 5.56 Å². The molecular weight excluding hydrogens is 422 g/mol. The van der Waals surface area contributed by atoms with E-state index in [0.29, 0.717) is 17.5 Å². The van der Waals surface area contributed by atoms with E-state index in [1.54, 1.807) is 34.9 Å². The van der Waals surface area contributed by atoms with Crippen LogP contribution in [0.3, 0.4) is 0 Å². The van der Waals surface area contributed by atoms with E-state index < -0.39 is 5.82 Å². The molecule has 3 rings (SSSR count). The zero-order valence-corrected chi connectivity index (χ0v) is 17.7. The third-order valence-electron chi connectivity index (χ3n) is 4.38. The van der Waals surface area contributed by atoms with Crippen molar-refractivity contribution in [3.8, 4) is 5.75 Å². The second-order valence-corrected chi connectivity index (χ2v) is 7.59. The maximum absolute atomic E-state index is 13.8. The van der Waals surface area contributed by atoms with Gasteiger partial charge in [-0.3, -0.25) is 9.36 Å². The SMILES string of the molecule is C=CCn1c(COc2ccccc2F)nnc1SCC(=O)N[C@H](C)c1ccc(F)cc1. The predicted molar refractivity (Wildman–Crippen MR) is 115 cm³/mol. The molecule has 0 spiro atoms. The number of rotatable bonds is 10. The van der Waals surface area contributed by atoms with Crippen LogP contribution < -0.4 is 10.1 Å². The summed E-state index contributed by atoms with van der Waals surface area (Å²) in [6, 6.07) is 11.8. The summed E-state index contributed by atoms with van der Waals surface area (Å²) in [5.74, 6) is -0.244. The highest BCUT2D eigenvalue weighted by molar-refractivity contribution is 7.99. The summed E-state index contributed by atoms with van der Waals surface area (Å²) in [4.78, 5) is 12.3. The van der Waals surface area contributed by atoms with E-state index >= 15 is 0 Å². The molecule has 1 N–H and O–H groups in total. The van der Waals surface area contributed by atoms with Gasteiger partial charge in [-0.1, -0.05) is 42.1 Å². The summed E-state index contributed by atoms with van der Waals surface area (Å²) in [6.07, 6.45) is 1.68. The first kappa shape index (κ1) is 22.5. The quantitative estimate of drug-likeness (QED) is 0.373. The number of ether oxygens (including phenoxy) is 1. The smallest absolute Gasteiger partial charge is 0.230 e. The molecule has 0 aliphatic heterocycles. The molecule has 1 aromatic heterocycles. The Labute approximate surface area is 183 Å². The molecule has 0 aliphatic rings. The minimum Gasteiger partial charge on any atom is -0.483 e. The largest absolute Gasteiger partial charge is 0.483 e. The van der Waals surface area contributed by atoms with E-state index in [1.807, 2.05) is 6.92 Å². The van der Waals surface area contributed by atoms with Crippen LogP contribution in [0.25, 0.3) is 0 Å². The molecule has 2 aromatic carbocycles. The van der Waals surface area contributed by atoms with E-state index in [4.69, 9.17) is 4.74 Å². The molecule has 0 aliphatic carbocycles. The van der Waals surface area contributed by atoms with Crippen LogP contribution in [0.5, 0.6) is 5.75 Å². The van der Waals surface area contributed by atoms with Gasteiger partial charge in [-0.15, -0.1) is 16.8 Å². The molecule has 3 aromatic rings. The van der Waals surface area contributed by atoms with Gasteiger partial charge in [-0.2, -0.15) is 0 Å². The number of halogens is 2. The minimum absolute atomic E-state index is 0.0239. The van der Waals surface area contributed by atoms with E-state index in [9.17, 15) is 13.6 Å². The monoisotopic (exact) mass is 444 g/mol. The molecule has 1 amide bonds. The zero-order chi connectivity index (χ0) is 22.2. The van der Waals surface area contributed by atoms with Crippen molar-refractivity contribution in [2.45, 2.75) is 31.3 Å². The predicted octanol–water partition coefficient (Wildman–Crippen LogP) is 4.29. The van der Waals surface area contributed by atoms with Crippen LogP contribution in [-0.4, -0.2) is 26.4 Å². The van der Waals surface area contributed by atoms with E-state index in [-0.39, 0.29) is 35.9 Å². The molecule has 0 bridgehead atoms. The highest BCUT2D eigenvalue weighted by Crippen LogP contribution is 2.21. The Morgan fingerprint density at radius 1 is 1.23 bits per heavy atom. The lowest BCUT2D eigenvalue weighted by molar-refractivity contribution is -0.119. The summed E-state index contributed by atoms with van der Waals surface area (Å²) >= 11 is 1.22. The van der Waals surface area contributed by atoms with Crippen LogP contribution in [0.2, 0.25) is 0 Å². The van der Waals surface area contributed by atoms with Crippen LogP contribution in [0.15, 0.2) is 66.3 Å². The average molecular weight is 445 g/mol. The maximum atomic E-state index is 13.8. The van der Waals surface area contributed by atoms with Crippen molar-refractivity contribution < 1.29 is 18.3 Å². The Balaban J connectivity index is 1.59. The molecule has 0 radical (unpaired) electrons. The van der Waals surface area contributed by atoms with Gasteiger partial charge >= 0.3 is 0 Å². The molecule has 0 saturated carbocycles.